The van der Waals surface area contributed by atoms with E-state index >= 15 is 0 Å². The molecule has 1 aromatic rings. The molecular weight excluding hydrogens is 164 g/mol. The van der Waals surface area contributed by atoms with Crippen molar-refractivity contribution in [3.05, 3.63) is 33.9 Å². The molecule has 0 aliphatic carbocycles. The van der Waals surface area contributed by atoms with Crippen molar-refractivity contribution < 1.29 is 4.42 Å². The van der Waals surface area contributed by atoms with Crippen LogP contribution in [-0.2, 0) is 0 Å². The molecule has 0 fully saturated rings. The largest absolute Gasteiger partial charge is 0.465 e. The van der Waals surface area contributed by atoms with Crippen LogP contribution in [0.15, 0.2) is 21.3 Å². The predicted octanol–water partition coefficient (Wildman–Crippen LogP) is 2.89. The van der Waals surface area contributed by atoms with Gasteiger partial charge in [0.05, 0.1) is 0 Å². The second-order valence-electron chi connectivity index (χ2n) is 3.91. The molecule has 0 amide bonds. The van der Waals surface area contributed by atoms with Gasteiger partial charge in [-0.3, -0.25) is 4.79 Å². The van der Waals surface area contributed by atoms with Crippen molar-refractivity contribution in [1.82, 2.24) is 0 Å². The zero-order valence-electron chi connectivity index (χ0n) is 8.63. The van der Waals surface area contributed by atoms with Crippen LogP contribution in [0.25, 0.3) is 0 Å². The van der Waals surface area contributed by atoms with Gasteiger partial charge in [0.25, 0.3) is 0 Å². The third kappa shape index (κ3) is 2.44. The maximum absolute atomic E-state index is 11.3. The van der Waals surface area contributed by atoms with Gasteiger partial charge < -0.3 is 4.42 Å². The van der Waals surface area contributed by atoms with Crippen LogP contribution in [-0.4, -0.2) is 0 Å². The van der Waals surface area contributed by atoms with Gasteiger partial charge in [-0.05, 0) is 0 Å². The van der Waals surface area contributed by atoms with E-state index in [9.17, 15) is 4.79 Å². The lowest BCUT2D eigenvalue weighted by atomic mass is 10.1. The Bertz CT molecular complexity index is 305. The lowest BCUT2D eigenvalue weighted by Crippen LogP contribution is -2.04. The normalized spacial score (nSPS) is 11.2. The summed E-state index contributed by atoms with van der Waals surface area (Å²) in [6.07, 6.45) is 0. The fourth-order valence-electron chi connectivity index (χ4n) is 1.09. The van der Waals surface area contributed by atoms with Crippen LogP contribution in [0.1, 0.15) is 51.1 Å². The van der Waals surface area contributed by atoms with E-state index in [2.05, 4.69) is 0 Å². The van der Waals surface area contributed by atoms with Gasteiger partial charge in [0, 0.05) is 24.0 Å². The highest BCUT2D eigenvalue weighted by Crippen LogP contribution is 2.18. The predicted molar refractivity (Wildman–Crippen MR) is 53.2 cm³/mol. The smallest absolute Gasteiger partial charge is 0.185 e. The minimum atomic E-state index is 0.0404. The SMILES string of the molecule is CC(C)c1cc(=O)cc(C(C)C)o1. The molecule has 13 heavy (non-hydrogen) atoms. The highest BCUT2D eigenvalue weighted by atomic mass is 16.3. The zero-order valence-corrected chi connectivity index (χ0v) is 8.63. The van der Waals surface area contributed by atoms with Crippen LogP contribution in [0.3, 0.4) is 0 Å². The van der Waals surface area contributed by atoms with Crippen LogP contribution in [0.4, 0.5) is 0 Å². The Hall–Kier alpha value is -1.05. The minimum absolute atomic E-state index is 0.0404. The molecule has 0 atom stereocenters. The van der Waals surface area contributed by atoms with Gasteiger partial charge in [-0.1, -0.05) is 27.7 Å². The van der Waals surface area contributed by atoms with Crippen molar-refractivity contribution in [3.63, 3.8) is 0 Å². The second-order valence-corrected chi connectivity index (χ2v) is 3.91. The average molecular weight is 180 g/mol. The third-order valence-corrected chi connectivity index (χ3v) is 1.94. The van der Waals surface area contributed by atoms with Gasteiger partial charge in [0.2, 0.25) is 0 Å². The lowest BCUT2D eigenvalue weighted by Gasteiger charge is -2.08. The molecule has 0 aromatic carbocycles. The van der Waals surface area contributed by atoms with Crippen molar-refractivity contribution in [2.45, 2.75) is 39.5 Å². The zero-order chi connectivity index (χ0) is 10.0. The van der Waals surface area contributed by atoms with Crippen molar-refractivity contribution in [2.24, 2.45) is 0 Å². The number of hydrogen-bond donors (Lipinski definition) is 0. The van der Waals surface area contributed by atoms with Crippen molar-refractivity contribution in [1.29, 1.82) is 0 Å². The van der Waals surface area contributed by atoms with E-state index in [0.29, 0.717) is 0 Å². The van der Waals surface area contributed by atoms with Crippen molar-refractivity contribution >= 4 is 0 Å². The van der Waals surface area contributed by atoms with E-state index in [0.717, 1.165) is 11.5 Å². The second kappa shape index (κ2) is 3.77. The molecule has 0 unspecified atom stereocenters. The Kier molecular flexibility index (Phi) is 2.91. The van der Waals surface area contributed by atoms with E-state index in [1.807, 2.05) is 27.7 Å². The molecule has 0 aliphatic heterocycles. The maximum atomic E-state index is 11.3. The van der Waals surface area contributed by atoms with E-state index in [1.165, 1.54) is 0 Å². The molecule has 72 valence electrons. The Morgan fingerprint density at radius 1 is 1.00 bits per heavy atom. The van der Waals surface area contributed by atoms with Gasteiger partial charge in [-0.2, -0.15) is 0 Å². The molecule has 1 aromatic heterocycles. The van der Waals surface area contributed by atoms with Crippen LogP contribution in [0.5, 0.6) is 0 Å². The Labute approximate surface area is 78.6 Å². The summed E-state index contributed by atoms with van der Waals surface area (Å²) in [6, 6.07) is 3.13. The highest BCUT2D eigenvalue weighted by Gasteiger charge is 2.08. The molecule has 0 radical (unpaired) electrons. The molecule has 0 aliphatic rings. The quantitative estimate of drug-likeness (QED) is 0.700. The van der Waals surface area contributed by atoms with Crippen molar-refractivity contribution in [3.8, 4) is 0 Å². The molecule has 0 bridgehead atoms. The Morgan fingerprint density at radius 3 is 1.69 bits per heavy atom. The van der Waals surface area contributed by atoms with E-state index < -0.39 is 0 Å². The summed E-state index contributed by atoms with van der Waals surface area (Å²) >= 11 is 0. The summed E-state index contributed by atoms with van der Waals surface area (Å²) in [5.41, 5.74) is 0.0404. The van der Waals surface area contributed by atoms with Crippen LogP contribution < -0.4 is 5.43 Å². The molecule has 0 spiro atoms. The Balaban J connectivity index is 3.19. The van der Waals surface area contributed by atoms with Gasteiger partial charge >= 0.3 is 0 Å². The summed E-state index contributed by atoms with van der Waals surface area (Å²) in [5, 5.41) is 0. The number of hydrogen-bond acceptors (Lipinski definition) is 2. The van der Waals surface area contributed by atoms with E-state index in [-0.39, 0.29) is 17.3 Å². The summed E-state index contributed by atoms with van der Waals surface area (Å²) in [7, 11) is 0. The van der Waals surface area contributed by atoms with Gasteiger partial charge in [-0.15, -0.1) is 0 Å². The molecular formula is C11H16O2. The molecule has 2 nitrogen and oxygen atoms in total. The highest BCUT2D eigenvalue weighted by molar-refractivity contribution is 5.11. The molecule has 1 heterocycles. The van der Waals surface area contributed by atoms with Crippen LogP contribution >= 0.6 is 0 Å². The molecule has 0 saturated heterocycles. The van der Waals surface area contributed by atoms with Gasteiger partial charge in [-0.25, -0.2) is 0 Å². The van der Waals surface area contributed by atoms with Crippen LogP contribution in [0.2, 0.25) is 0 Å². The molecule has 2 heteroatoms. The lowest BCUT2D eigenvalue weighted by molar-refractivity contribution is 0.413. The fraction of sp³-hybridized carbons (Fsp3) is 0.545. The standard InChI is InChI=1S/C11H16O2/c1-7(2)10-5-9(12)6-11(13-10)8(3)4/h5-8H,1-4H3. The monoisotopic (exact) mass is 180 g/mol. The molecule has 0 N–H and O–H groups in total. The average Bonchev–Trinajstić information content (AvgIpc) is 2.03. The first-order chi connectivity index (χ1) is 6.00. The van der Waals surface area contributed by atoms with Crippen molar-refractivity contribution in [2.75, 3.05) is 0 Å². The Morgan fingerprint density at radius 2 is 1.38 bits per heavy atom. The first-order valence-corrected chi connectivity index (χ1v) is 4.65. The fourth-order valence-corrected chi connectivity index (χ4v) is 1.09. The summed E-state index contributed by atoms with van der Waals surface area (Å²) in [6.45, 7) is 8.06. The summed E-state index contributed by atoms with van der Waals surface area (Å²) in [5.74, 6) is 2.09. The molecule has 1 rings (SSSR count). The van der Waals surface area contributed by atoms with Gasteiger partial charge in [0.15, 0.2) is 5.43 Å². The minimum Gasteiger partial charge on any atom is -0.465 e. The van der Waals surface area contributed by atoms with Gasteiger partial charge in [0.1, 0.15) is 11.5 Å². The third-order valence-electron chi connectivity index (χ3n) is 1.94. The van der Waals surface area contributed by atoms with Crippen LogP contribution in [0, 0.1) is 0 Å². The van der Waals surface area contributed by atoms with E-state index in [1.54, 1.807) is 12.1 Å². The topological polar surface area (TPSA) is 30.2 Å². The van der Waals surface area contributed by atoms with E-state index in [4.69, 9.17) is 4.42 Å². The maximum Gasteiger partial charge on any atom is 0.185 e. The first kappa shape index (κ1) is 10.0. The number of rotatable bonds is 2. The summed E-state index contributed by atoms with van der Waals surface area (Å²) in [4.78, 5) is 11.3. The molecule has 0 saturated carbocycles. The summed E-state index contributed by atoms with van der Waals surface area (Å²) < 4.78 is 5.58. The first-order valence-electron chi connectivity index (χ1n) is 4.65.